The lowest BCUT2D eigenvalue weighted by Gasteiger charge is -2.28. The molecule has 0 radical (unpaired) electrons. The molecular weight excluding hydrogens is 508 g/mol. The Labute approximate surface area is 235 Å². The van der Waals surface area contributed by atoms with Crippen LogP contribution in [-0.4, -0.2) is 58.0 Å². The lowest BCUT2D eigenvalue weighted by molar-refractivity contribution is -0.858. The first-order valence-corrected chi connectivity index (χ1v) is 13.3. The summed E-state index contributed by atoms with van der Waals surface area (Å²) in [5.41, 5.74) is 2.66. The topological polar surface area (TPSA) is 92.6 Å². The van der Waals surface area contributed by atoms with Gasteiger partial charge in [0.2, 0.25) is 5.78 Å². The fourth-order valence-corrected chi connectivity index (χ4v) is 4.92. The van der Waals surface area contributed by atoms with Gasteiger partial charge in [-0.05, 0) is 53.4 Å². The molecule has 1 saturated heterocycles. The second-order valence-corrected chi connectivity index (χ2v) is 10.2. The van der Waals surface area contributed by atoms with Gasteiger partial charge >= 0.3 is 0 Å². The van der Waals surface area contributed by atoms with Crippen molar-refractivity contribution in [1.82, 2.24) is 4.90 Å². The number of nitrogens with one attached hydrogen (secondary N) is 1. The van der Waals surface area contributed by atoms with E-state index >= 15 is 0 Å². The van der Waals surface area contributed by atoms with Crippen LogP contribution in [0.3, 0.4) is 0 Å². The van der Waals surface area contributed by atoms with Crippen LogP contribution < -0.4 is 24.2 Å². The van der Waals surface area contributed by atoms with E-state index in [9.17, 15) is 14.7 Å². The zero-order valence-corrected chi connectivity index (χ0v) is 23.7. The average Bonchev–Trinajstić information content (AvgIpc) is 3.21. The molecule has 1 atom stereocenters. The number of carbonyl (C=O) groups is 2. The van der Waals surface area contributed by atoms with E-state index in [-0.39, 0.29) is 5.57 Å². The number of Topliss-reactive ketones (excluding diaryl/α,β-unsaturated/α-hetero) is 1. The molecular formula is C32H36N2O6. The van der Waals surface area contributed by atoms with Gasteiger partial charge in [0.15, 0.2) is 11.5 Å². The Bertz CT molecular complexity index is 1400. The Morgan fingerprint density at radius 2 is 1.62 bits per heavy atom. The van der Waals surface area contributed by atoms with Gasteiger partial charge in [-0.3, -0.25) is 9.59 Å². The Hall–Kier alpha value is -4.30. The van der Waals surface area contributed by atoms with E-state index < -0.39 is 23.5 Å². The summed E-state index contributed by atoms with van der Waals surface area (Å²) < 4.78 is 16.8. The fourth-order valence-electron chi connectivity index (χ4n) is 4.92. The largest absolute Gasteiger partial charge is 0.872 e. The minimum Gasteiger partial charge on any atom is -0.872 e. The molecule has 3 aromatic rings. The van der Waals surface area contributed by atoms with Crippen LogP contribution in [0.25, 0.3) is 5.76 Å². The summed E-state index contributed by atoms with van der Waals surface area (Å²) >= 11 is 0. The molecule has 0 aliphatic carbocycles. The zero-order chi connectivity index (χ0) is 28.8. The number of hydrogen-bond donors (Lipinski definition) is 1. The quantitative estimate of drug-likeness (QED) is 0.226. The zero-order valence-electron chi connectivity index (χ0n) is 23.7. The van der Waals surface area contributed by atoms with Gasteiger partial charge in [-0.15, -0.1) is 0 Å². The number of likely N-dealkylation sites (tertiary alicyclic amines) is 1. The third-order valence-corrected chi connectivity index (χ3v) is 7.00. The summed E-state index contributed by atoms with van der Waals surface area (Å²) in [4.78, 5) is 29.3. The number of aryl methyl sites for hydroxylation is 1. The number of benzene rings is 3. The lowest BCUT2D eigenvalue weighted by atomic mass is 9.94. The fraction of sp³-hybridized carbons (Fsp3) is 0.312. The van der Waals surface area contributed by atoms with Gasteiger partial charge in [0, 0.05) is 18.5 Å². The molecule has 1 heterocycles. The summed E-state index contributed by atoms with van der Waals surface area (Å²) in [5.74, 6) is -0.313. The monoisotopic (exact) mass is 544 g/mol. The first-order valence-electron chi connectivity index (χ1n) is 13.3. The maximum atomic E-state index is 13.9. The van der Waals surface area contributed by atoms with Crippen molar-refractivity contribution in [3.05, 3.63) is 94.6 Å². The van der Waals surface area contributed by atoms with Gasteiger partial charge in [-0.1, -0.05) is 48.2 Å². The van der Waals surface area contributed by atoms with Crippen LogP contribution in [-0.2, 0) is 16.2 Å². The van der Waals surface area contributed by atoms with Crippen LogP contribution in [0.1, 0.15) is 34.7 Å². The highest BCUT2D eigenvalue weighted by atomic mass is 16.5. The molecule has 210 valence electrons. The van der Waals surface area contributed by atoms with Crippen molar-refractivity contribution in [3.8, 4) is 17.2 Å². The number of rotatable bonds is 11. The van der Waals surface area contributed by atoms with Gasteiger partial charge in [-0.25, -0.2) is 0 Å². The first kappa shape index (κ1) is 28.7. The lowest BCUT2D eigenvalue weighted by Crippen LogP contribution is -3.05. The van der Waals surface area contributed by atoms with Crippen LogP contribution in [0.4, 0.5) is 0 Å². The van der Waals surface area contributed by atoms with E-state index in [2.05, 4.69) is 0 Å². The maximum absolute atomic E-state index is 13.9. The van der Waals surface area contributed by atoms with Gasteiger partial charge in [0.25, 0.3) is 5.91 Å². The highest BCUT2D eigenvalue weighted by molar-refractivity contribution is 6.46. The van der Waals surface area contributed by atoms with Gasteiger partial charge in [0.1, 0.15) is 12.4 Å². The highest BCUT2D eigenvalue weighted by Gasteiger charge is 2.44. The van der Waals surface area contributed by atoms with E-state index in [4.69, 9.17) is 14.2 Å². The number of ketones is 1. The molecule has 1 amide bonds. The molecule has 1 aliphatic rings. The summed E-state index contributed by atoms with van der Waals surface area (Å²) in [6.45, 7) is 3.40. The summed E-state index contributed by atoms with van der Waals surface area (Å²) in [7, 11) is 7.11. The van der Waals surface area contributed by atoms with Crippen molar-refractivity contribution in [1.29, 1.82) is 0 Å². The Balaban J connectivity index is 1.72. The van der Waals surface area contributed by atoms with Crippen LogP contribution in [0, 0.1) is 6.92 Å². The van der Waals surface area contributed by atoms with Crippen LogP contribution in [0.15, 0.2) is 72.3 Å². The molecule has 8 heteroatoms. The summed E-state index contributed by atoms with van der Waals surface area (Å²) in [5, 5.41) is 13.9. The van der Waals surface area contributed by atoms with Crippen LogP contribution in [0.5, 0.6) is 17.2 Å². The number of nitrogens with zero attached hydrogens (tertiary/aromatic N) is 1. The molecule has 1 fully saturated rings. The number of carbonyl (C=O) groups excluding carboxylic acids is 2. The number of amides is 1. The molecule has 0 aromatic heterocycles. The van der Waals surface area contributed by atoms with Crippen LogP contribution >= 0.6 is 0 Å². The number of methoxy groups -OCH3 is 2. The van der Waals surface area contributed by atoms with Gasteiger partial charge < -0.3 is 29.1 Å². The Morgan fingerprint density at radius 3 is 2.27 bits per heavy atom. The molecule has 1 aliphatic heterocycles. The number of quaternary nitrogens is 1. The summed E-state index contributed by atoms with van der Waals surface area (Å²) in [6, 6.07) is 19.3. The van der Waals surface area contributed by atoms with E-state index in [0.717, 1.165) is 17.7 Å². The molecule has 0 bridgehead atoms. The van der Waals surface area contributed by atoms with Gasteiger partial charge in [-0.2, -0.15) is 0 Å². The molecule has 3 aromatic carbocycles. The average molecular weight is 545 g/mol. The third kappa shape index (κ3) is 6.13. The number of ether oxygens (including phenoxy) is 3. The molecule has 0 saturated carbocycles. The van der Waals surface area contributed by atoms with E-state index in [1.54, 1.807) is 36.4 Å². The third-order valence-electron chi connectivity index (χ3n) is 7.00. The number of hydrogen-bond acceptors (Lipinski definition) is 6. The SMILES string of the molecule is COc1ccc(C2/C(=C(\[O-])c3ccc(OCc4ccccc4)c(C)c3)C(=O)C(=O)N2CCC[NH+](C)C)cc1OC. The molecule has 1 N–H and O–H groups in total. The maximum Gasteiger partial charge on any atom is 0.295 e. The standard InChI is InChI=1S/C32H36N2O6/c1-21-18-24(13-14-25(21)40-20-22-10-7-6-8-11-22)30(35)28-29(23-12-15-26(38-4)27(19-23)39-5)34(32(37)31(28)36)17-9-16-33(2)3/h6-8,10-15,18-19,29,35H,9,16-17,20H2,1-5H3/b30-28+. The molecule has 0 spiro atoms. The minimum atomic E-state index is -0.834. The second kappa shape index (κ2) is 12.7. The first-order chi connectivity index (χ1) is 19.2. The minimum absolute atomic E-state index is 0.0632. The summed E-state index contributed by atoms with van der Waals surface area (Å²) in [6.07, 6.45) is 0.680. The van der Waals surface area contributed by atoms with E-state index in [0.29, 0.717) is 47.9 Å². The second-order valence-electron chi connectivity index (χ2n) is 10.2. The molecule has 40 heavy (non-hydrogen) atoms. The van der Waals surface area contributed by atoms with E-state index in [1.165, 1.54) is 24.0 Å². The molecule has 1 unspecified atom stereocenters. The predicted octanol–water partition coefficient (Wildman–Crippen LogP) is 2.35. The van der Waals surface area contributed by atoms with Crippen molar-refractivity contribution >= 4 is 17.4 Å². The van der Waals surface area contributed by atoms with Crippen molar-refractivity contribution in [2.45, 2.75) is 26.0 Å². The highest BCUT2D eigenvalue weighted by Crippen LogP contribution is 2.41. The van der Waals surface area contributed by atoms with E-state index in [1.807, 2.05) is 51.4 Å². The molecule has 8 nitrogen and oxygen atoms in total. The van der Waals surface area contributed by atoms with Crippen molar-refractivity contribution in [2.75, 3.05) is 41.4 Å². The predicted molar refractivity (Wildman–Crippen MR) is 150 cm³/mol. The Kier molecular flexibility index (Phi) is 9.11. The Morgan fingerprint density at radius 1 is 0.925 bits per heavy atom. The van der Waals surface area contributed by atoms with Crippen molar-refractivity contribution < 1.29 is 33.8 Å². The normalized spacial score (nSPS) is 16.4. The van der Waals surface area contributed by atoms with Crippen LogP contribution in [0.2, 0.25) is 0 Å². The van der Waals surface area contributed by atoms with Crippen molar-refractivity contribution in [3.63, 3.8) is 0 Å². The van der Waals surface area contributed by atoms with Gasteiger partial charge in [0.05, 0.1) is 40.9 Å². The van der Waals surface area contributed by atoms with Crippen molar-refractivity contribution in [2.24, 2.45) is 0 Å². The smallest absolute Gasteiger partial charge is 0.295 e. The molecule has 4 rings (SSSR count).